The number of esters is 1. The Morgan fingerprint density at radius 3 is 2.41 bits per heavy atom. The normalized spacial score (nSPS) is 30.5. The fourth-order valence-corrected chi connectivity index (χ4v) is 5.66. The smallest absolute Gasteiger partial charge is 0.453 e. The lowest BCUT2D eigenvalue weighted by Gasteiger charge is -2.55. The summed E-state index contributed by atoms with van der Waals surface area (Å²) in [5.74, 6) is -1.48. The van der Waals surface area contributed by atoms with Gasteiger partial charge in [-0.1, -0.05) is 45.3 Å². The quantitative estimate of drug-likeness (QED) is 0.375. The fraction of sp³-hybridized carbons (Fsp3) is 0.864. The Morgan fingerprint density at radius 1 is 1.22 bits per heavy atom. The lowest BCUT2D eigenvalue weighted by atomic mass is 9.50. The Balaban J connectivity index is 2.20. The van der Waals surface area contributed by atoms with E-state index in [0.29, 0.717) is 25.2 Å². The molecular weight excluding hydrogens is 353 g/mol. The molecule has 2 rings (SSSR count). The van der Waals surface area contributed by atoms with Gasteiger partial charge in [0.05, 0.1) is 0 Å². The van der Waals surface area contributed by atoms with E-state index in [0.717, 1.165) is 12.8 Å². The van der Waals surface area contributed by atoms with Crippen LogP contribution in [-0.4, -0.2) is 17.7 Å². The number of ether oxygens (including phenoxy) is 1. The molecule has 3 atom stereocenters. The van der Waals surface area contributed by atoms with Crippen LogP contribution in [-0.2, 0) is 9.53 Å². The minimum absolute atomic E-state index is 0.104. The zero-order valence-electron chi connectivity index (χ0n) is 17.7. The summed E-state index contributed by atoms with van der Waals surface area (Å²) in [7, 11) is 0. The lowest BCUT2D eigenvalue weighted by molar-refractivity contribution is -0.213. The largest absolute Gasteiger partial charge is 0.490 e. The van der Waals surface area contributed by atoms with Gasteiger partial charge in [-0.15, -0.1) is 0 Å². The zero-order valence-corrected chi connectivity index (χ0v) is 17.7. The Kier molecular flexibility index (Phi) is 6.14. The minimum atomic E-state index is -4.94. The second kappa shape index (κ2) is 7.44. The van der Waals surface area contributed by atoms with Crippen molar-refractivity contribution in [2.45, 2.75) is 105 Å². The maximum absolute atomic E-state index is 12.7. The van der Waals surface area contributed by atoms with E-state index < -0.39 is 17.7 Å². The van der Waals surface area contributed by atoms with Crippen molar-refractivity contribution < 1.29 is 22.7 Å². The molecule has 0 aromatic carbocycles. The molecule has 2 nitrogen and oxygen atoms in total. The molecule has 0 N–H and O–H groups in total. The fourth-order valence-electron chi connectivity index (χ4n) is 5.66. The Labute approximate surface area is 161 Å². The van der Waals surface area contributed by atoms with Gasteiger partial charge in [-0.2, -0.15) is 13.2 Å². The highest BCUT2D eigenvalue weighted by atomic mass is 19.4. The van der Waals surface area contributed by atoms with Crippen LogP contribution in [0.4, 0.5) is 13.2 Å². The van der Waals surface area contributed by atoms with Gasteiger partial charge in [0, 0.05) is 0 Å². The first-order valence-corrected chi connectivity index (χ1v) is 10.2. The van der Waals surface area contributed by atoms with Gasteiger partial charge in [0.25, 0.3) is 0 Å². The molecule has 27 heavy (non-hydrogen) atoms. The lowest BCUT2D eigenvalue weighted by Crippen LogP contribution is -2.46. The number of fused-ring (bicyclic) bond motifs is 1. The molecule has 0 bridgehead atoms. The molecule has 2 aliphatic carbocycles. The SMILES string of the molecule is CC[C@@](C)(CCC1=C(C)CCC2C(C)(C)CCC[C@]12C)OC(=O)C(F)(F)F. The first-order valence-electron chi connectivity index (χ1n) is 10.2. The summed E-state index contributed by atoms with van der Waals surface area (Å²) in [6.45, 7) is 12.6. The van der Waals surface area contributed by atoms with Crippen molar-refractivity contribution in [1.82, 2.24) is 0 Å². The molecule has 2 aliphatic rings. The van der Waals surface area contributed by atoms with E-state index in [-0.39, 0.29) is 10.8 Å². The third-order valence-electron chi connectivity index (χ3n) is 7.46. The van der Waals surface area contributed by atoms with Crippen LogP contribution in [0.5, 0.6) is 0 Å². The van der Waals surface area contributed by atoms with E-state index in [2.05, 4.69) is 27.7 Å². The topological polar surface area (TPSA) is 26.3 Å². The molecule has 0 saturated heterocycles. The van der Waals surface area contributed by atoms with Crippen LogP contribution >= 0.6 is 0 Å². The van der Waals surface area contributed by atoms with Crippen LogP contribution in [0.2, 0.25) is 0 Å². The highest BCUT2D eigenvalue weighted by Crippen LogP contribution is 2.60. The van der Waals surface area contributed by atoms with Crippen molar-refractivity contribution in [1.29, 1.82) is 0 Å². The Bertz CT molecular complexity index is 605. The third-order valence-corrected chi connectivity index (χ3v) is 7.46. The van der Waals surface area contributed by atoms with Crippen molar-refractivity contribution in [2.24, 2.45) is 16.7 Å². The van der Waals surface area contributed by atoms with E-state index in [4.69, 9.17) is 4.74 Å². The van der Waals surface area contributed by atoms with Gasteiger partial charge >= 0.3 is 12.1 Å². The summed E-state index contributed by atoms with van der Waals surface area (Å²) in [6.07, 6.45) is 2.36. The molecule has 0 aromatic heterocycles. The number of halogens is 3. The predicted octanol–water partition coefficient (Wildman–Crippen LogP) is 6.98. The average molecular weight is 389 g/mol. The van der Waals surface area contributed by atoms with Crippen molar-refractivity contribution in [3.63, 3.8) is 0 Å². The second-order valence-electron chi connectivity index (χ2n) is 9.80. The molecule has 1 unspecified atom stereocenters. The average Bonchev–Trinajstić information content (AvgIpc) is 2.52. The summed E-state index contributed by atoms with van der Waals surface area (Å²) < 4.78 is 42.9. The van der Waals surface area contributed by atoms with Crippen LogP contribution in [0.3, 0.4) is 0 Å². The summed E-state index contributed by atoms with van der Waals surface area (Å²) in [5, 5.41) is 0. The van der Waals surface area contributed by atoms with Crippen molar-refractivity contribution in [3.05, 3.63) is 11.1 Å². The first kappa shape index (κ1) is 22.3. The van der Waals surface area contributed by atoms with Crippen molar-refractivity contribution in [2.75, 3.05) is 0 Å². The second-order valence-corrected chi connectivity index (χ2v) is 9.80. The summed E-state index contributed by atoms with van der Waals surface area (Å²) >= 11 is 0. The number of rotatable bonds is 5. The maximum Gasteiger partial charge on any atom is 0.490 e. The number of carbonyl (C=O) groups is 1. The number of alkyl halides is 3. The molecule has 156 valence electrons. The highest BCUT2D eigenvalue weighted by Gasteiger charge is 2.50. The molecule has 0 amide bonds. The highest BCUT2D eigenvalue weighted by molar-refractivity contribution is 5.76. The molecular formula is C22H35F3O2. The van der Waals surface area contributed by atoms with Crippen molar-refractivity contribution in [3.8, 4) is 0 Å². The number of hydrogen-bond donors (Lipinski definition) is 0. The van der Waals surface area contributed by atoms with Gasteiger partial charge in [0.1, 0.15) is 5.60 Å². The molecule has 0 aliphatic heterocycles. The van der Waals surface area contributed by atoms with E-state index in [1.165, 1.54) is 30.4 Å². The van der Waals surface area contributed by atoms with E-state index in [1.807, 2.05) is 0 Å². The molecule has 1 saturated carbocycles. The monoisotopic (exact) mass is 388 g/mol. The summed E-state index contributed by atoms with van der Waals surface area (Å²) in [6, 6.07) is 0. The molecule has 0 heterocycles. The molecule has 0 radical (unpaired) electrons. The van der Waals surface area contributed by atoms with Gasteiger partial charge in [-0.3, -0.25) is 0 Å². The zero-order chi connectivity index (χ0) is 20.7. The van der Waals surface area contributed by atoms with E-state index in [1.54, 1.807) is 13.8 Å². The standard InChI is InChI=1S/C22H35F3O2/c1-7-20(5,27-18(26)22(23,24)25)14-11-16-15(2)9-10-17-19(3,4)12-8-13-21(16,17)6/h17H,7-14H2,1-6H3/t17?,20-,21+/m0/s1. The minimum Gasteiger partial charge on any atom is -0.453 e. The van der Waals surface area contributed by atoms with Gasteiger partial charge < -0.3 is 4.74 Å². The summed E-state index contributed by atoms with van der Waals surface area (Å²) in [5.41, 5.74) is 2.08. The van der Waals surface area contributed by atoms with Crippen LogP contribution in [0.25, 0.3) is 0 Å². The number of allylic oxidation sites excluding steroid dienone is 2. The van der Waals surface area contributed by atoms with Gasteiger partial charge in [0.15, 0.2) is 0 Å². The van der Waals surface area contributed by atoms with Crippen LogP contribution in [0.1, 0.15) is 92.9 Å². The predicted molar refractivity (Wildman–Crippen MR) is 101 cm³/mol. The molecule has 5 heteroatoms. The Morgan fingerprint density at radius 2 is 1.85 bits per heavy atom. The third kappa shape index (κ3) is 4.54. The van der Waals surface area contributed by atoms with Gasteiger partial charge in [-0.05, 0) is 75.5 Å². The van der Waals surface area contributed by atoms with Gasteiger partial charge in [0.2, 0.25) is 0 Å². The van der Waals surface area contributed by atoms with Crippen LogP contribution in [0.15, 0.2) is 11.1 Å². The molecule has 0 spiro atoms. The van der Waals surface area contributed by atoms with Crippen LogP contribution in [0, 0.1) is 16.7 Å². The maximum atomic E-state index is 12.7. The number of carbonyl (C=O) groups excluding carboxylic acids is 1. The summed E-state index contributed by atoms with van der Waals surface area (Å²) in [4.78, 5) is 11.4. The van der Waals surface area contributed by atoms with E-state index in [9.17, 15) is 18.0 Å². The number of hydrogen-bond acceptors (Lipinski definition) is 2. The molecule has 0 aromatic rings. The van der Waals surface area contributed by atoms with Crippen molar-refractivity contribution >= 4 is 5.97 Å². The van der Waals surface area contributed by atoms with E-state index >= 15 is 0 Å². The first-order chi connectivity index (χ1) is 12.3. The van der Waals surface area contributed by atoms with Crippen LogP contribution < -0.4 is 0 Å². The molecule has 1 fully saturated rings. The van der Waals surface area contributed by atoms with Gasteiger partial charge in [-0.25, -0.2) is 4.79 Å². The Hall–Kier alpha value is -1.00.